The van der Waals surface area contributed by atoms with Crippen LogP contribution in [0.3, 0.4) is 0 Å². The maximum Gasteiger partial charge on any atom is 0.328 e. The van der Waals surface area contributed by atoms with E-state index in [4.69, 9.17) is 0 Å². The zero-order valence-electron chi connectivity index (χ0n) is 12.1. The van der Waals surface area contributed by atoms with Gasteiger partial charge >= 0.3 is 5.97 Å². The van der Waals surface area contributed by atoms with Crippen LogP contribution in [0.15, 0.2) is 0 Å². The molecule has 0 rings (SSSR count). The lowest BCUT2D eigenvalue weighted by Crippen LogP contribution is -2.51. The van der Waals surface area contributed by atoms with Crippen molar-refractivity contribution >= 4 is 33.7 Å². The van der Waals surface area contributed by atoms with Crippen LogP contribution < -0.4 is 10.0 Å². The van der Waals surface area contributed by atoms with Gasteiger partial charge in [0.25, 0.3) is 0 Å². The average Bonchev–Trinajstić information content (AvgIpc) is 2.42. The molecule has 0 aliphatic rings. The highest BCUT2D eigenvalue weighted by atomic mass is 32.2. The molecule has 0 aromatic heterocycles. The van der Waals surface area contributed by atoms with Gasteiger partial charge in [-0.05, 0) is 32.3 Å². The first-order valence-electron chi connectivity index (χ1n) is 6.14. The summed E-state index contributed by atoms with van der Waals surface area (Å²) in [6.07, 6.45) is 2.21. The Labute approximate surface area is 124 Å². The number of esters is 1. The number of rotatable bonds is 9. The molecule has 0 aliphatic carbocycles. The molecule has 9 heteroatoms. The van der Waals surface area contributed by atoms with E-state index in [9.17, 15) is 18.0 Å². The second kappa shape index (κ2) is 9.19. The fourth-order valence-electron chi connectivity index (χ4n) is 1.33. The topological polar surface area (TPSA) is 102 Å². The predicted octanol–water partition coefficient (Wildman–Crippen LogP) is -0.275. The lowest BCUT2D eigenvalue weighted by molar-refractivity contribution is -0.144. The molecule has 118 valence electrons. The molecule has 2 atom stereocenters. The second-order valence-corrected chi connectivity index (χ2v) is 7.14. The highest BCUT2D eigenvalue weighted by Crippen LogP contribution is 2.03. The Hall–Kier alpha value is -0.800. The normalized spacial score (nSPS) is 14.4. The quantitative estimate of drug-likeness (QED) is 0.565. The number of sulfonamides is 1. The number of amides is 1. The van der Waals surface area contributed by atoms with Crippen LogP contribution in [-0.2, 0) is 24.3 Å². The first-order chi connectivity index (χ1) is 9.27. The van der Waals surface area contributed by atoms with Gasteiger partial charge in [-0.1, -0.05) is 0 Å². The number of ether oxygens (including phenoxy) is 1. The van der Waals surface area contributed by atoms with Crippen molar-refractivity contribution in [2.24, 2.45) is 0 Å². The van der Waals surface area contributed by atoms with Crippen LogP contribution in [0.2, 0.25) is 0 Å². The predicted molar refractivity (Wildman–Crippen MR) is 79.0 cm³/mol. The van der Waals surface area contributed by atoms with Gasteiger partial charge in [-0.25, -0.2) is 17.9 Å². The average molecular weight is 326 g/mol. The molecule has 0 aromatic carbocycles. The molecule has 0 fully saturated rings. The minimum Gasteiger partial charge on any atom is -0.467 e. The number of thioether (sulfide) groups is 1. The molecular formula is C11H22N2O5S2. The summed E-state index contributed by atoms with van der Waals surface area (Å²) in [7, 11) is -2.27. The number of methoxy groups -OCH3 is 1. The van der Waals surface area contributed by atoms with Gasteiger partial charge in [-0.3, -0.25) is 4.79 Å². The first kappa shape index (κ1) is 19.2. The van der Waals surface area contributed by atoms with Crippen LogP contribution in [0.4, 0.5) is 0 Å². The van der Waals surface area contributed by atoms with Crippen molar-refractivity contribution in [1.29, 1.82) is 0 Å². The summed E-state index contributed by atoms with van der Waals surface area (Å²) in [6, 6.07) is -1.71. The fraction of sp³-hybridized carbons (Fsp3) is 0.818. The van der Waals surface area contributed by atoms with Crippen LogP contribution in [0.25, 0.3) is 0 Å². The molecule has 0 aliphatic heterocycles. The van der Waals surface area contributed by atoms with Gasteiger partial charge in [0, 0.05) is 0 Å². The Balaban J connectivity index is 4.76. The monoisotopic (exact) mass is 326 g/mol. The van der Waals surface area contributed by atoms with Crippen molar-refractivity contribution in [1.82, 2.24) is 10.0 Å². The highest BCUT2D eigenvalue weighted by Gasteiger charge is 2.26. The van der Waals surface area contributed by atoms with Gasteiger partial charge in [0.05, 0.1) is 12.9 Å². The Morgan fingerprint density at radius 1 is 1.35 bits per heavy atom. The van der Waals surface area contributed by atoms with E-state index in [1.807, 2.05) is 6.26 Å². The fourth-order valence-corrected chi connectivity index (χ4v) is 2.63. The Kier molecular flexibility index (Phi) is 8.83. The van der Waals surface area contributed by atoms with Crippen LogP contribution >= 0.6 is 11.8 Å². The van der Waals surface area contributed by atoms with Crippen molar-refractivity contribution in [2.45, 2.75) is 32.4 Å². The third kappa shape index (κ3) is 7.11. The summed E-state index contributed by atoms with van der Waals surface area (Å²) in [5, 5.41) is 2.44. The molecule has 0 saturated carbocycles. The Morgan fingerprint density at radius 3 is 2.40 bits per heavy atom. The molecule has 0 spiro atoms. The van der Waals surface area contributed by atoms with Gasteiger partial charge in [0.15, 0.2) is 0 Å². The number of hydrogen-bond donors (Lipinski definition) is 2. The van der Waals surface area contributed by atoms with Gasteiger partial charge < -0.3 is 10.1 Å². The van der Waals surface area contributed by atoms with Crippen molar-refractivity contribution in [3.8, 4) is 0 Å². The minimum atomic E-state index is -3.49. The van der Waals surface area contributed by atoms with E-state index in [-0.39, 0.29) is 5.75 Å². The van der Waals surface area contributed by atoms with E-state index in [0.29, 0.717) is 12.2 Å². The van der Waals surface area contributed by atoms with Crippen molar-refractivity contribution < 1.29 is 22.7 Å². The summed E-state index contributed by atoms with van der Waals surface area (Å²) < 4.78 is 30.0. The van der Waals surface area contributed by atoms with E-state index < -0.39 is 34.0 Å². The molecule has 2 unspecified atom stereocenters. The summed E-state index contributed by atoms with van der Waals surface area (Å²) >= 11 is 1.50. The number of hydrogen-bond acceptors (Lipinski definition) is 6. The van der Waals surface area contributed by atoms with E-state index in [1.165, 1.54) is 32.7 Å². The zero-order chi connectivity index (χ0) is 15.8. The van der Waals surface area contributed by atoms with Gasteiger partial charge in [-0.2, -0.15) is 11.8 Å². The molecule has 0 saturated heterocycles. The number of nitrogens with one attached hydrogen (secondary N) is 2. The maximum atomic E-state index is 12.0. The lowest BCUT2D eigenvalue weighted by atomic mass is 10.2. The van der Waals surface area contributed by atoms with E-state index in [0.717, 1.165) is 0 Å². The van der Waals surface area contributed by atoms with Gasteiger partial charge in [0.1, 0.15) is 12.1 Å². The molecule has 0 aromatic rings. The summed E-state index contributed by atoms with van der Waals surface area (Å²) in [5.74, 6) is -0.603. The van der Waals surface area contributed by atoms with Crippen LogP contribution in [0.1, 0.15) is 20.3 Å². The van der Waals surface area contributed by atoms with Crippen LogP contribution in [-0.4, -0.2) is 57.2 Å². The highest BCUT2D eigenvalue weighted by molar-refractivity contribution is 7.98. The molecule has 0 bridgehead atoms. The largest absolute Gasteiger partial charge is 0.467 e. The smallest absolute Gasteiger partial charge is 0.328 e. The summed E-state index contributed by atoms with van der Waals surface area (Å²) in [5.41, 5.74) is 0. The maximum absolute atomic E-state index is 12.0. The SMILES string of the molecule is CCS(=O)(=O)NC(CCSC)C(=O)NC(C)C(=O)OC. The lowest BCUT2D eigenvalue weighted by Gasteiger charge is -2.19. The summed E-state index contributed by atoms with van der Waals surface area (Å²) in [4.78, 5) is 23.3. The van der Waals surface area contributed by atoms with E-state index in [2.05, 4.69) is 14.8 Å². The molecule has 2 N–H and O–H groups in total. The van der Waals surface area contributed by atoms with Gasteiger partial charge in [0.2, 0.25) is 15.9 Å². The molecule has 7 nitrogen and oxygen atoms in total. The first-order valence-corrected chi connectivity index (χ1v) is 9.19. The second-order valence-electron chi connectivity index (χ2n) is 4.11. The molecule has 20 heavy (non-hydrogen) atoms. The van der Waals surface area contributed by atoms with Gasteiger partial charge in [-0.15, -0.1) is 0 Å². The number of carbonyl (C=O) groups excluding carboxylic acids is 2. The number of carbonyl (C=O) groups is 2. The van der Waals surface area contributed by atoms with Crippen molar-refractivity contribution in [3.63, 3.8) is 0 Å². The van der Waals surface area contributed by atoms with E-state index >= 15 is 0 Å². The van der Waals surface area contributed by atoms with Crippen molar-refractivity contribution in [2.75, 3.05) is 24.9 Å². The zero-order valence-corrected chi connectivity index (χ0v) is 13.8. The summed E-state index contributed by atoms with van der Waals surface area (Å²) in [6.45, 7) is 2.96. The molecule has 0 heterocycles. The molecular weight excluding hydrogens is 304 g/mol. The van der Waals surface area contributed by atoms with Crippen LogP contribution in [0, 0.1) is 0 Å². The van der Waals surface area contributed by atoms with Crippen molar-refractivity contribution in [3.05, 3.63) is 0 Å². The Bertz CT molecular complexity index is 425. The Morgan fingerprint density at radius 2 is 1.95 bits per heavy atom. The molecule has 0 radical (unpaired) electrons. The van der Waals surface area contributed by atoms with Crippen LogP contribution in [0.5, 0.6) is 0 Å². The third-order valence-corrected chi connectivity index (χ3v) is 4.59. The molecule has 1 amide bonds. The minimum absolute atomic E-state index is 0.109. The standard InChI is InChI=1S/C11H22N2O5S2/c1-5-20(16,17)13-9(6-7-19-4)10(14)12-8(2)11(15)18-3/h8-9,13H,5-7H2,1-4H3,(H,12,14). The van der Waals surface area contributed by atoms with E-state index in [1.54, 1.807) is 0 Å². The third-order valence-electron chi connectivity index (χ3n) is 2.54.